The Labute approximate surface area is 80.2 Å². The van der Waals surface area contributed by atoms with Crippen molar-refractivity contribution in [3.8, 4) is 0 Å². The molecule has 0 bridgehead atoms. The molecule has 0 heterocycles. The molecule has 0 aromatic heterocycles. The van der Waals surface area contributed by atoms with Gasteiger partial charge in [0.15, 0.2) is 0 Å². The summed E-state index contributed by atoms with van der Waals surface area (Å²) in [5, 5.41) is 0. The summed E-state index contributed by atoms with van der Waals surface area (Å²) >= 11 is 0. The Morgan fingerprint density at radius 2 is 2.00 bits per heavy atom. The number of nitrogens with zero attached hydrogens (tertiary/aromatic N) is 1. The average Bonchev–Trinajstić information content (AvgIpc) is 2.20. The topological polar surface area (TPSA) is 47.9 Å². The van der Waals surface area contributed by atoms with Gasteiger partial charge in [-0.25, -0.2) is 9.79 Å². The standard InChI is InChI=1S/C8H17NO3Si/c1-4-5-6-13(11-2,12-3)8-9-7-10/h4-6,8H2,1-3H3. The van der Waals surface area contributed by atoms with E-state index >= 15 is 0 Å². The quantitative estimate of drug-likeness (QED) is 0.357. The average molecular weight is 203 g/mol. The van der Waals surface area contributed by atoms with Gasteiger partial charge in [-0.05, 0) is 6.04 Å². The SMILES string of the molecule is CCCC[Si](CN=C=O)(OC)OC. The van der Waals surface area contributed by atoms with Crippen LogP contribution in [0.3, 0.4) is 0 Å². The monoisotopic (exact) mass is 203 g/mol. The van der Waals surface area contributed by atoms with E-state index in [9.17, 15) is 4.79 Å². The van der Waals surface area contributed by atoms with Crippen LogP contribution < -0.4 is 0 Å². The molecule has 0 aromatic carbocycles. The fraction of sp³-hybridized carbons (Fsp3) is 0.875. The van der Waals surface area contributed by atoms with Crippen molar-refractivity contribution < 1.29 is 13.6 Å². The maximum absolute atomic E-state index is 9.98. The van der Waals surface area contributed by atoms with Gasteiger partial charge in [-0.15, -0.1) is 0 Å². The first-order valence-corrected chi connectivity index (χ1v) is 6.61. The molecule has 0 saturated heterocycles. The van der Waals surface area contributed by atoms with Gasteiger partial charge in [-0.1, -0.05) is 19.8 Å². The highest BCUT2D eigenvalue weighted by Gasteiger charge is 2.34. The summed E-state index contributed by atoms with van der Waals surface area (Å²) in [6, 6.07) is 0.877. The predicted molar refractivity (Wildman–Crippen MR) is 52.5 cm³/mol. The lowest BCUT2D eigenvalue weighted by Gasteiger charge is -2.24. The molecule has 0 spiro atoms. The van der Waals surface area contributed by atoms with Crippen molar-refractivity contribution in [1.29, 1.82) is 0 Å². The molecule has 0 aromatic rings. The zero-order valence-corrected chi connectivity index (χ0v) is 9.50. The van der Waals surface area contributed by atoms with Crippen LogP contribution in [0.25, 0.3) is 0 Å². The fourth-order valence-electron chi connectivity index (χ4n) is 1.09. The van der Waals surface area contributed by atoms with Gasteiger partial charge in [0.05, 0.1) is 6.17 Å². The van der Waals surface area contributed by atoms with Gasteiger partial charge >= 0.3 is 8.56 Å². The molecule has 76 valence electrons. The van der Waals surface area contributed by atoms with Crippen LogP contribution in [0.4, 0.5) is 0 Å². The van der Waals surface area contributed by atoms with E-state index in [0.29, 0.717) is 6.17 Å². The van der Waals surface area contributed by atoms with E-state index in [2.05, 4.69) is 11.9 Å². The Bertz CT molecular complexity index is 176. The highest BCUT2D eigenvalue weighted by Crippen LogP contribution is 2.15. The molecule has 5 heteroatoms. The van der Waals surface area contributed by atoms with E-state index < -0.39 is 8.56 Å². The summed E-state index contributed by atoms with van der Waals surface area (Å²) in [5.74, 6) is 0. The third-order valence-electron chi connectivity index (χ3n) is 2.04. The molecule has 0 aliphatic heterocycles. The first-order chi connectivity index (χ1) is 6.24. The maximum atomic E-state index is 9.98. The van der Waals surface area contributed by atoms with Crippen LogP contribution in [0.1, 0.15) is 19.8 Å². The van der Waals surface area contributed by atoms with Crippen LogP contribution in [0, 0.1) is 0 Å². The van der Waals surface area contributed by atoms with Crippen LogP contribution >= 0.6 is 0 Å². The van der Waals surface area contributed by atoms with Gasteiger partial charge in [-0.2, -0.15) is 0 Å². The van der Waals surface area contributed by atoms with Crippen molar-refractivity contribution in [3.05, 3.63) is 0 Å². The summed E-state index contributed by atoms with van der Waals surface area (Å²) in [4.78, 5) is 13.5. The lowest BCUT2D eigenvalue weighted by Crippen LogP contribution is -2.43. The molecule has 0 N–H and O–H groups in total. The molecule has 0 unspecified atom stereocenters. The van der Waals surface area contributed by atoms with Crippen molar-refractivity contribution in [2.24, 2.45) is 4.99 Å². The second-order valence-electron chi connectivity index (χ2n) is 2.83. The number of isocyanates is 1. The van der Waals surface area contributed by atoms with Crippen LogP contribution in [-0.2, 0) is 13.6 Å². The first kappa shape index (κ1) is 12.5. The maximum Gasteiger partial charge on any atom is 0.360 e. The van der Waals surface area contributed by atoms with E-state index in [0.717, 1.165) is 18.9 Å². The van der Waals surface area contributed by atoms with Gasteiger partial charge in [-0.3, -0.25) is 0 Å². The highest BCUT2D eigenvalue weighted by molar-refractivity contribution is 6.67. The lowest BCUT2D eigenvalue weighted by atomic mass is 10.4. The molecule has 0 rings (SSSR count). The Morgan fingerprint density at radius 1 is 1.38 bits per heavy atom. The Hall–Kier alpha value is -0.483. The second-order valence-corrected chi connectivity index (χ2v) is 6.28. The van der Waals surface area contributed by atoms with Crippen LogP contribution in [0.2, 0.25) is 6.04 Å². The smallest absolute Gasteiger partial charge is 0.360 e. The van der Waals surface area contributed by atoms with Gasteiger partial charge < -0.3 is 8.85 Å². The molecule has 0 aliphatic carbocycles. The molecule has 0 saturated carbocycles. The molecule has 0 atom stereocenters. The molecule has 13 heavy (non-hydrogen) atoms. The van der Waals surface area contributed by atoms with Gasteiger partial charge in [0.25, 0.3) is 0 Å². The molecule has 4 nitrogen and oxygen atoms in total. The predicted octanol–water partition coefficient (Wildman–Crippen LogP) is 1.40. The summed E-state index contributed by atoms with van der Waals surface area (Å²) in [5.41, 5.74) is 0. The van der Waals surface area contributed by atoms with E-state index in [4.69, 9.17) is 8.85 Å². The zero-order valence-electron chi connectivity index (χ0n) is 8.50. The molecule has 0 aliphatic rings. The molecular weight excluding hydrogens is 186 g/mol. The van der Waals surface area contributed by atoms with Crippen molar-refractivity contribution in [2.45, 2.75) is 25.8 Å². The van der Waals surface area contributed by atoms with Crippen molar-refractivity contribution in [2.75, 3.05) is 20.4 Å². The van der Waals surface area contributed by atoms with Gasteiger partial charge in [0.2, 0.25) is 6.08 Å². The van der Waals surface area contributed by atoms with E-state index in [1.807, 2.05) is 0 Å². The Morgan fingerprint density at radius 3 is 2.38 bits per heavy atom. The summed E-state index contributed by atoms with van der Waals surface area (Å²) in [6.45, 7) is 2.10. The van der Waals surface area contributed by atoms with Crippen LogP contribution in [0.5, 0.6) is 0 Å². The Kier molecular flexibility index (Phi) is 6.71. The van der Waals surface area contributed by atoms with Crippen molar-refractivity contribution in [1.82, 2.24) is 0 Å². The largest absolute Gasteiger partial charge is 0.397 e. The van der Waals surface area contributed by atoms with Gasteiger partial charge in [0.1, 0.15) is 0 Å². The third-order valence-corrected chi connectivity index (χ3v) is 5.28. The number of carbonyl (C=O) groups excluding carboxylic acids is 1. The lowest BCUT2D eigenvalue weighted by molar-refractivity contribution is 0.242. The molecule has 0 fully saturated rings. The van der Waals surface area contributed by atoms with Gasteiger partial charge in [0, 0.05) is 14.2 Å². The van der Waals surface area contributed by atoms with Crippen LogP contribution in [-0.4, -0.2) is 35.0 Å². The number of unbranched alkanes of at least 4 members (excludes halogenated alkanes) is 1. The third kappa shape index (κ3) is 4.33. The number of rotatable bonds is 7. The minimum atomic E-state index is -2.21. The van der Waals surface area contributed by atoms with Crippen molar-refractivity contribution >= 4 is 14.6 Å². The zero-order chi connectivity index (χ0) is 10.2. The summed E-state index contributed by atoms with van der Waals surface area (Å²) in [6.07, 6.45) is 4.00. The van der Waals surface area contributed by atoms with E-state index in [1.165, 1.54) is 6.08 Å². The Balaban J connectivity index is 4.20. The molecule has 0 radical (unpaired) electrons. The van der Waals surface area contributed by atoms with Crippen LogP contribution in [0.15, 0.2) is 4.99 Å². The van der Waals surface area contributed by atoms with E-state index in [-0.39, 0.29) is 0 Å². The normalized spacial score (nSPS) is 11.0. The number of hydrogen-bond donors (Lipinski definition) is 0. The first-order valence-electron chi connectivity index (χ1n) is 4.38. The number of aliphatic imine (C=N–C) groups is 1. The van der Waals surface area contributed by atoms with Crippen molar-refractivity contribution in [3.63, 3.8) is 0 Å². The molecular formula is C8H17NO3Si. The second kappa shape index (κ2) is 6.97. The minimum absolute atomic E-state index is 0.351. The summed E-state index contributed by atoms with van der Waals surface area (Å²) in [7, 11) is 1.02. The number of hydrogen-bond acceptors (Lipinski definition) is 4. The minimum Gasteiger partial charge on any atom is -0.397 e. The van der Waals surface area contributed by atoms with E-state index in [1.54, 1.807) is 14.2 Å². The molecule has 0 amide bonds. The fourth-order valence-corrected chi connectivity index (χ4v) is 3.28. The highest BCUT2D eigenvalue weighted by atomic mass is 28.4. The summed E-state index contributed by atoms with van der Waals surface area (Å²) < 4.78 is 10.7.